The summed E-state index contributed by atoms with van der Waals surface area (Å²) in [5.41, 5.74) is 4.17. The summed E-state index contributed by atoms with van der Waals surface area (Å²) in [5.74, 6) is 0. The van der Waals surface area contributed by atoms with Crippen molar-refractivity contribution >= 4 is 15.9 Å². The Kier molecular flexibility index (Phi) is 7.02. The summed E-state index contributed by atoms with van der Waals surface area (Å²) >= 11 is 3.83. The molecule has 0 spiro atoms. The van der Waals surface area contributed by atoms with Crippen LogP contribution in [-0.4, -0.2) is 0 Å². The molecule has 0 nitrogen and oxygen atoms in total. The van der Waals surface area contributed by atoms with Crippen molar-refractivity contribution in [1.82, 2.24) is 0 Å². The third-order valence-electron chi connectivity index (χ3n) is 3.90. The molecule has 0 amide bonds. The summed E-state index contributed by atoms with van der Waals surface area (Å²) in [4.78, 5) is 0.500. The SMILES string of the molecule is CCCCCCC(Br)c1ccc(Cc2ccccc2)cc1. The van der Waals surface area contributed by atoms with E-state index in [9.17, 15) is 0 Å². The zero-order valence-electron chi connectivity index (χ0n) is 12.9. The first-order valence-electron chi connectivity index (χ1n) is 8.06. The average Bonchev–Trinajstić information content (AvgIpc) is 2.53. The molecule has 2 rings (SSSR count). The topological polar surface area (TPSA) is 0 Å². The maximum atomic E-state index is 3.83. The molecule has 1 heteroatoms. The van der Waals surface area contributed by atoms with E-state index >= 15 is 0 Å². The van der Waals surface area contributed by atoms with Crippen LogP contribution in [0.15, 0.2) is 54.6 Å². The van der Waals surface area contributed by atoms with Crippen LogP contribution < -0.4 is 0 Å². The molecule has 0 aromatic heterocycles. The fourth-order valence-corrected chi connectivity index (χ4v) is 3.22. The molecule has 0 aliphatic rings. The number of rotatable bonds is 8. The van der Waals surface area contributed by atoms with E-state index < -0.39 is 0 Å². The van der Waals surface area contributed by atoms with Crippen LogP contribution in [0.4, 0.5) is 0 Å². The second-order valence-electron chi connectivity index (χ2n) is 5.72. The summed E-state index contributed by atoms with van der Waals surface area (Å²) in [6.45, 7) is 2.26. The second-order valence-corrected chi connectivity index (χ2v) is 6.83. The molecule has 21 heavy (non-hydrogen) atoms. The Morgan fingerprint density at radius 3 is 2.14 bits per heavy atom. The Morgan fingerprint density at radius 2 is 1.48 bits per heavy atom. The molecular formula is C20H25Br. The van der Waals surface area contributed by atoms with Crippen LogP contribution in [0.25, 0.3) is 0 Å². The zero-order chi connectivity index (χ0) is 14.9. The van der Waals surface area contributed by atoms with Gasteiger partial charge in [0.15, 0.2) is 0 Å². The third kappa shape index (κ3) is 5.67. The monoisotopic (exact) mass is 344 g/mol. The predicted octanol–water partition coefficient (Wildman–Crippen LogP) is 6.68. The quantitative estimate of drug-likeness (QED) is 0.370. The van der Waals surface area contributed by atoms with Crippen molar-refractivity contribution in [2.75, 3.05) is 0 Å². The molecule has 1 atom stereocenters. The van der Waals surface area contributed by atoms with Gasteiger partial charge in [-0.05, 0) is 29.5 Å². The van der Waals surface area contributed by atoms with Gasteiger partial charge < -0.3 is 0 Å². The van der Waals surface area contributed by atoms with Gasteiger partial charge >= 0.3 is 0 Å². The van der Waals surface area contributed by atoms with Crippen LogP contribution in [-0.2, 0) is 6.42 Å². The molecule has 112 valence electrons. The summed E-state index contributed by atoms with van der Waals surface area (Å²) < 4.78 is 0. The lowest BCUT2D eigenvalue weighted by atomic mass is 10.0. The van der Waals surface area contributed by atoms with E-state index in [0.717, 1.165) is 6.42 Å². The van der Waals surface area contributed by atoms with Gasteiger partial charge in [-0.25, -0.2) is 0 Å². The van der Waals surface area contributed by atoms with E-state index in [2.05, 4.69) is 77.5 Å². The van der Waals surface area contributed by atoms with E-state index in [1.54, 1.807) is 0 Å². The Balaban J connectivity index is 1.86. The van der Waals surface area contributed by atoms with Gasteiger partial charge in [-0.2, -0.15) is 0 Å². The summed E-state index contributed by atoms with van der Waals surface area (Å²) in [6.07, 6.45) is 7.58. The van der Waals surface area contributed by atoms with Gasteiger partial charge in [-0.3, -0.25) is 0 Å². The van der Waals surface area contributed by atoms with Gasteiger partial charge in [0.1, 0.15) is 0 Å². The highest BCUT2D eigenvalue weighted by atomic mass is 79.9. The first-order chi connectivity index (χ1) is 10.3. The molecule has 0 N–H and O–H groups in total. The molecule has 0 radical (unpaired) electrons. The maximum absolute atomic E-state index is 3.83. The second kappa shape index (κ2) is 9.04. The van der Waals surface area contributed by atoms with Crippen molar-refractivity contribution in [2.24, 2.45) is 0 Å². The van der Waals surface area contributed by atoms with Gasteiger partial charge in [0.25, 0.3) is 0 Å². The highest BCUT2D eigenvalue weighted by molar-refractivity contribution is 9.09. The molecule has 0 fully saturated rings. The molecular weight excluding hydrogens is 320 g/mol. The van der Waals surface area contributed by atoms with Crippen molar-refractivity contribution in [3.8, 4) is 0 Å². The maximum Gasteiger partial charge on any atom is 0.0395 e. The van der Waals surface area contributed by atoms with Gasteiger partial charge in [0.05, 0.1) is 0 Å². The van der Waals surface area contributed by atoms with Crippen LogP contribution in [0, 0.1) is 0 Å². The molecule has 0 aliphatic carbocycles. The smallest absolute Gasteiger partial charge is 0.0395 e. The lowest BCUT2D eigenvalue weighted by molar-refractivity contribution is 0.630. The minimum absolute atomic E-state index is 0.500. The van der Waals surface area contributed by atoms with Crippen molar-refractivity contribution in [2.45, 2.75) is 50.3 Å². The van der Waals surface area contributed by atoms with Crippen molar-refractivity contribution in [1.29, 1.82) is 0 Å². The average molecular weight is 345 g/mol. The van der Waals surface area contributed by atoms with Crippen LogP contribution in [0.5, 0.6) is 0 Å². The lowest BCUT2D eigenvalue weighted by Gasteiger charge is -2.11. The van der Waals surface area contributed by atoms with Crippen LogP contribution >= 0.6 is 15.9 Å². The molecule has 0 aliphatic heterocycles. The first kappa shape index (κ1) is 16.3. The number of benzene rings is 2. The third-order valence-corrected chi connectivity index (χ3v) is 4.89. The Bertz CT molecular complexity index is 501. The fourth-order valence-electron chi connectivity index (χ4n) is 2.59. The van der Waals surface area contributed by atoms with Gasteiger partial charge in [0.2, 0.25) is 0 Å². The minimum Gasteiger partial charge on any atom is -0.0839 e. The summed E-state index contributed by atoms with van der Waals surface area (Å²) in [5, 5.41) is 0. The number of hydrogen-bond acceptors (Lipinski definition) is 0. The standard InChI is InChI=1S/C20H25Br/c1-2-3-4-8-11-20(21)19-14-12-18(13-15-19)16-17-9-6-5-7-10-17/h5-7,9-10,12-15,20H,2-4,8,11,16H2,1H3. The van der Waals surface area contributed by atoms with E-state index in [1.807, 2.05) is 0 Å². The molecule has 0 bridgehead atoms. The number of halogens is 1. The number of hydrogen-bond donors (Lipinski definition) is 0. The van der Waals surface area contributed by atoms with Crippen LogP contribution in [0.2, 0.25) is 0 Å². The molecule has 1 unspecified atom stereocenters. The highest BCUT2D eigenvalue weighted by Gasteiger charge is 2.07. The normalized spacial score (nSPS) is 12.3. The fraction of sp³-hybridized carbons (Fsp3) is 0.400. The molecule has 0 heterocycles. The summed E-state index contributed by atoms with van der Waals surface area (Å²) in [6, 6.07) is 19.7. The molecule has 2 aromatic rings. The zero-order valence-corrected chi connectivity index (χ0v) is 14.5. The van der Waals surface area contributed by atoms with Crippen molar-refractivity contribution < 1.29 is 0 Å². The van der Waals surface area contributed by atoms with Gasteiger partial charge in [-0.15, -0.1) is 0 Å². The Hall–Kier alpha value is -1.08. The van der Waals surface area contributed by atoms with Crippen molar-refractivity contribution in [3.05, 3.63) is 71.3 Å². The predicted molar refractivity (Wildman–Crippen MR) is 96.1 cm³/mol. The molecule has 0 saturated heterocycles. The van der Waals surface area contributed by atoms with E-state index in [-0.39, 0.29) is 0 Å². The Labute approximate surface area is 137 Å². The van der Waals surface area contributed by atoms with E-state index in [4.69, 9.17) is 0 Å². The summed E-state index contributed by atoms with van der Waals surface area (Å²) in [7, 11) is 0. The highest BCUT2D eigenvalue weighted by Crippen LogP contribution is 2.29. The molecule has 0 saturated carbocycles. The number of alkyl halides is 1. The van der Waals surface area contributed by atoms with Crippen LogP contribution in [0.1, 0.15) is 60.5 Å². The van der Waals surface area contributed by atoms with Gasteiger partial charge in [-0.1, -0.05) is 103 Å². The van der Waals surface area contributed by atoms with Crippen LogP contribution in [0.3, 0.4) is 0 Å². The lowest BCUT2D eigenvalue weighted by Crippen LogP contribution is -1.93. The van der Waals surface area contributed by atoms with E-state index in [1.165, 1.54) is 48.8 Å². The van der Waals surface area contributed by atoms with Crippen molar-refractivity contribution in [3.63, 3.8) is 0 Å². The largest absolute Gasteiger partial charge is 0.0839 e. The number of unbranched alkanes of at least 4 members (excludes halogenated alkanes) is 3. The first-order valence-corrected chi connectivity index (χ1v) is 8.98. The van der Waals surface area contributed by atoms with Gasteiger partial charge in [0, 0.05) is 4.83 Å². The van der Waals surface area contributed by atoms with E-state index in [0.29, 0.717) is 4.83 Å². The Morgan fingerprint density at radius 1 is 0.810 bits per heavy atom. The molecule has 2 aromatic carbocycles. The minimum atomic E-state index is 0.500.